The fourth-order valence-corrected chi connectivity index (χ4v) is 5.33. The Bertz CT molecular complexity index is 1010. The van der Waals surface area contributed by atoms with Gasteiger partial charge in [0.25, 0.3) is 0 Å². The molecule has 3 rings (SSSR count). The minimum Gasteiger partial charge on any atom is -0.347 e. The van der Waals surface area contributed by atoms with Crippen LogP contribution in [0.3, 0.4) is 0 Å². The van der Waals surface area contributed by atoms with Crippen LogP contribution in [0.25, 0.3) is 0 Å². The molecular weight excluding hydrogens is 408 g/mol. The molecule has 0 heterocycles. The molecule has 1 aliphatic carbocycles. The molecule has 0 aliphatic heterocycles. The largest absolute Gasteiger partial charge is 0.347 e. The number of carbonyl (C=O) groups excluding carboxylic acids is 1. The number of hydrogen-bond acceptors (Lipinski definition) is 3. The molecule has 1 aliphatic rings. The summed E-state index contributed by atoms with van der Waals surface area (Å²) in [5.74, 6) is -0.295. The quantitative estimate of drug-likeness (QED) is 0.733. The molecule has 0 aromatic heterocycles. The third kappa shape index (κ3) is 4.75. The number of sulfonamides is 1. The second-order valence-electron chi connectivity index (χ2n) is 7.57. The van der Waals surface area contributed by atoms with Crippen molar-refractivity contribution in [3.05, 3.63) is 64.2 Å². The minimum atomic E-state index is -3.69. The highest BCUT2D eigenvalue weighted by Crippen LogP contribution is 2.31. The fourth-order valence-electron chi connectivity index (χ4n) is 3.95. The SMILES string of the molecule is CC[C@@H](C(=O)N[C@@H]1CCCc2ccccc21)N(c1ccc(C)c(Cl)c1)S(C)(=O)=O. The van der Waals surface area contributed by atoms with Gasteiger partial charge in [0, 0.05) is 5.02 Å². The van der Waals surface area contributed by atoms with Crippen molar-refractivity contribution >= 4 is 33.2 Å². The van der Waals surface area contributed by atoms with Crippen molar-refractivity contribution in [1.29, 1.82) is 0 Å². The van der Waals surface area contributed by atoms with E-state index in [0.717, 1.165) is 36.6 Å². The van der Waals surface area contributed by atoms with Crippen molar-refractivity contribution in [3.8, 4) is 0 Å². The first kappa shape index (κ1) is 21.7. The molecule has 0 saturated heterocycles. The van der Waals surface area contributed by atoms with E-state index in [4.69, 9.17) is 11.6 Å². The third-order valence-electron chi connectivity index (χ3n) is 5.43. The summed E-state index contributed by atoms with van der Waals surface area (Å²) in [5, 5.41) is 3.56. The second kappa shape index (κ2) is 8.76. The molecule has 0 bridgehead atoms. The molecule has 5 nitrogen and oxygen atoms in total. The van der Waals surface area contributed by atoms with Gasteiger partial charge in [-0.15, -0.1) is 0 Å². The summed E-state index contributed by atoms with van der Waals surface area (Å²) in [7, 11) is -3.69. The van der Waals surface area contributed by atoms with Crippen LogP contribution < -0.4 is 9.62 Å². The van der Waals surface area contributed by atoms with Gasteiger partial charge in [-0.1, -0.05) is 48.9 Å². The van der Waals surface area contributed by atoms with Gasteiger partial charge in [0.1, 0.15) is 6.04 Å². The van der Waals surface area contributed by atoms with Gasteiger partial charge in [-0.05, 0) is 61.4 Å². The molecule has 7 heteroatoms. The first-order valence-electron chi connectivity index (χ1n) is 9.86. The molecule has 0 spiro atoms. The van der Waals surface area contributed by atoms with E-state index in [0.29, 0.717) is 17.1 Å². The second-order valence-corrected chi connectivity index (χ2v) is 9.84. The van der Waals surface area contributed by atoms with Crippen LogP contribution in [0, 0.1) is 6.92 Å². The summed E-state index contributed by atoms with van der Waals surface area (Å²) < 4.78 is 26.4. The molecule has 0 fully saturated rings. The van der Waals surface area contributed by atoms with Gasteiger partial charge in [-0.3, -0.25) is 9.10 Å². The number of benzene rings is 2. The normalized spacial score (nSPS) is 17.3. The lowest BCUT2D eigenvalue weighted by atomic mass is 9.87. The van der Waals surface area contributed by atoms with Gasteiger partial charge in [-0.25, -0.2) is 8.42 Å². The van der Waals surface area contributed by atoms with Crippen LogP contribution in [0.5, 0.6) is 0 Å². The van der Waals surface area contributed by atoms with Crippen molar-refractivity contribution in [1.82, 2.24) is 5.32 Å². The lowest BCUT2D eigenvalue weighted by Crippen LogP contribution is -2.50. The van der Waals surface area contributed by atoms with Crippen molar-refractivity contribution in [2.75, 3.05) is 10.6 Å². The molecule has 156 valence electrons. The van der Waals surface area contributed by atoms with Gasteiger partial charge < -0.3 is 5.32 Å². The summed E-state index contributed by atoms with van der Waals surface area (Å²) in [4.78, 5) is 13.2. The third-order valence-corrected chi connectivity index (χ3v) is 7.01. The smallest absolute Gasteiger partial charge is 0.244 e. The van der Waals surface area contributed by atoms with Crippen LogP contribution in [-0.2, 0) is 21.2 Å². The Balaban J connectivity index is 1.91. The molecule has 29 heavy (non-hydrogen) atoms. The van der Waals surface area contributed by atoms with Crippen LogP contribution in [0.1, 0.15) is 48.9 Å². The highest BCUT2D eigenvalue weighted by molar-refractivity contribution is 7.92. The number of anilines is 1. The van der Waals surface area contributed by atoms with E-state index in [-0.39, 0.29) is 11.9 Å². The minimum absolute atomic E-state index is 0.107. The van der Waals surface area contributed by atoms with Crippen molar-refractivity contribution < 1.29 is 13.2 Å². The van der Waals surface area contributed by atoms with E-state index in [9.17, 15) is 13.2 Å². The van der Waals surface area contributed by atoms with E-state index in [2.05, 4.69) is 11.4 Å². The predicted molar refractivity (Wildman–Crippen MR) is 118 cm³/mol. The molecule has 1 N–H and O–H groups in total. The average Bonchev–Trinajstić information content (AvgIpc) is 2.67. The highest BCUT2D eigenvalue weighted by atomic mass is 35.5. The lowest BCUT2D eigenvalue weighted by Gasteiger charge is -2.33. The van der Waals surface area contributed by atoms with Gasteiger partial charge in [0.05, 0.1) is 18.0 Å². The number of nitrogens with zero attached hydrogens (tertiary/aromatic N) is 1. The Morgan fingerprint density at radius 3 is 2.66 bits per heavy atom. The molecule has 2 atom stereocenters. The number of aryl methyl sites for hydroxylation is 2. The zero-order valence-corrected chi connectivity index (χ0v) is 18.6. The number of amides is 1. The fraction of sp³-hybridized carbons (Fsp3) is 0.409. The van der Waals surface area contributed by atoms with E-state index >= 15 is 0 Å². The summed E-state index contributed by atoms with van der Waals surface area (Å²) in [6.45, 7) is 3.66. The number of rotatable bonds is 6. The van der Waals surface area contributed by atoms with E-state index in [1.807, 2.05) is 32.0 Å². The Morgan fingerprint density at radius 1 is 1.28 bits per heavy atom. The Hall–Kier alpha value is -2.05. The van der Waals surface area contributed by atoms with Crippen molar-refractivity contribution in [2.45, 2.75) is 51.6 Å². The maximum Gasteiger partial charge on any atom is 0.244 e. The number of halogens is 1. The average molecular weight is 435 g/mol. The number of carbonyl (C=O) groups is 1. The number of hydrogen-bond donors (Lipinski definition) is 1. The van der Waals surface area contributed by atoms with Gasteiger partial charge in [0.2, 0.25) is 15.9 Å². The van der Waals surface area contributed by atoms with E-state index < -0.39 is 16.1 Å². The highest BCUT2D eigenvalue weighted by Gasteiger charge is 2.33. The molecule has 0 unspecified atom stereocenters. The van der Waals surface area contributed by atoms with Gasteiger partial charge in [0.15, 0.2) is 0 Å². The monoisotopic (exact) mass is 434 g/mol. The zero-order chi connectivity index (χ0) is 21.2. The molecule has 0 radical (unpaired) electrons. The van der Waals surface area contributed by atoms with Gasteiger partial charge >= 0.3 is 0 Å². The molecule has 2 aromatic carbocycles. The molecule has 1 amide bonds. The first-order valence-corrected chi connectivity index (χ1v) is 12.1. The number of fused-ring (bicyclic) bond motifs is 1. The van der Waals surface area contributed by atoms with Crippen LogP contribution in [0.4, 0.5) is 5.69 Å². The number of nitrogens with one attached hydrogen (secondary N) is 1. The topological polar surface area (TPSA) is 66.5 Å². The van der Waals surface area contributed by atoms with Gasteiger partial charge in [-0.2, -0.15) is 0 Å². The van der Waals surface area contributed by atoms with Crippen LogP contribution >= 0.6 is 11.6 Å². The Kier molecular flexibility index (Phi) is 6.54. The Morgan fingerprint density at radius 2 is 2.00 bits per heavy atom. The van der Waals surface area contributed by atoms with E-state index in [1.54, 1.807) is 18.2 Å². The van der Waals surface area contributed by atoms with Crippen molar-refractivity contribution in [2.24, 2.45) is 0 Å². The molecule has 2 aromatic rings. The van der Waals surface area contributed by atoms with Crippen molar-refractivity contribution in [3.63, 3.8) is 0 Å². The predicted octanol–water partition coefficient (Wildman–Crippen LogP) is 4.39. The molecular formula is C22H27ClN2O3S. The lowest BCUT2D eigenvalue weighted by molar-refractivity contribution is -0.123. The van der Waals surface area contributed by atoms with Crippen LogP contribution in [0.15, 0.2) is 42.5 Å². The van der Waals surface area contributed by atoms with E-state index in [1.165, 1.54) is 9.87 Å². The first-order chi connectivity index (χ1) is 13.7. The maximum atomic E-state index is 13.2. The van der Waals surface area contributed by atoms with Crippen LogP contribution in [0.2, 0.25) is 5.02 Å². The standard InChI is InChI=1S/C22H27ClN2O3S/c1-4-21(25(29(3,27)28)17-13-12-15(2)19(23)14-17)22(26)24-20-11-7-9-16-8-5-6-10-18(16)20/h5-6,8,10,12-14,20-21H,4,7,9,11H2,1-3H3,(H,24,26)/t20-,21+/m1/s1. The summed E-state index contributed by atoms with van der Waals surface area (Å²) in [5.41, 5.74) is 3.60. The summed E-state index contributed by atoms with van der Waals surface area (Å²) >= 11 is 6.23. The molecule has 0 saturated carbocycles. The maximum absolute atomic E-state index is 13.2. The van der Waals surface area contributed by atoms with Crippen LogP contribution in [-0.4, -0.2) is 26.6 Å². The zero-order valence-electron chi connectivity index (χ0n) is 17.0. The summed E-state index contributed by atoms with van der Waals surface area (Å²) in [6.07, 6.45) is 4.29. The Labute approximate surface area is 178 Å². The summed E-state index contributed by atoms with van der Waals surface area (Å²) in [6, 6.07) is 12.2.